The van der Waals surface area contributed by atoms with Gasteiger partial charge in [0.2, 0.25) is 0 Å². The van der Waals surface area contributed by atoms with Crippen LogP contribution in [0.3, 0.4) is 0 Å². The first-order valence-corrected chi connectivity index (χ1v) is 8.37. The number of nitriles is 1. The highest BCUT2D eigenvalue weighted by Gasteiger charge is 2.23. The van der Waals surface area contributed by atoms with Crippen LogP contribution in [0.1, 0.15) is 29.8 Å². The van der Waals surface area contributed by atoms with Crippen LogP contribution in [0, 0.1) is 25.2 Å². The van der Waals surface area contributed by atoms with Crippen LogP contribution in [0.4, 0.5) is 5.82 Å². The topological polar surface area (TPSA) is 62.0 Å². The van der Waals surface area contributed by atoms with Crippen LogP contribution < -0.4 is 9.64 Å². The molecule has 1 fully saturated rings. The zero-order chi connectivity index (χ0) is 17.1. The minimum Gasteiger partial charge on any atom is -0.490 e. The first-order chi connectivity index (χ1) is 11.6. The van der Waals surface area contributed by atoms with E-state index >= 15 is 0 Å². The van der Waals surface area contributed by atoms with Crippen molar-refractivity contribution in [3.63, 3.8) is 0 Å². The summed E-state index contributed by atoms with van der Waals surface area (Å²) in [6.07, 6.45) is 1.95. The maximum Gasteiger partial charge on any atom is 0.137 e. The number of piperidine rings is 1. The largest absolute Gasteiger partial charge is 0.490 e. The molecule has 24 heavy (non-hydrogen) atoms. The van der Waals surface area contributed by atoms with E-state index in [-0.39, 0.29) is 6.10 Å². The molecule has 1 aromatic heterocycles. The standard InChI is InChI=1S/C18H19ClN4O/c1-12-17(19)21-13(2)22-18(12)23-8-6-15(7-9-23)24-16-5-3-4-14(10-16)11-20/h3-5,10,15H,6-9H2,1-2H3. The summed E-state index contributed by atoms with van der Waals surface area (Å²) in [4.78, 5) is 11.0. The van der Waals surface area contributed by atoms with Gasteiger partial charge in [-0.15, -0.1) is 0 Å². The van der Waals surface area contributed by atoms with E-state index in [9.17, 15) is 0 Å². The number of hydrogen-bond donors (Lipinski definition) is 0. The Morgan fingerprint density at radius 2 is 2.00 bits per heavy atom. The molecule has 0 amide bonds. The van der Waals surface area contributed by atoms with Gasteiger partial charge in [0.15, 0.2) is 0 Å². The summed E-state index contributed by atoms with van der Waals surface area (Å²) in [6, 6.07) is 9.43. The highest BCUT2D eigenvalue weighted by Crippen LogP contribution is 2.27. The second-order valence-electron chi connectivity index (χ2n) is 5.95. The maximum atomic E-state index is 8.96. The average Bonchev–Trinajstić information content (AvgIpc) is 2.59. The van der Waals surface area contributed by atoms with E-state index in [0.29, 0.717) is 16.5 Å². The van der Waals surface area contributed by atoms with Crippen LogP contribution in [0.5, 0.6) is 5.75 Å². The second kappa shape index (κ2) is 7.06. The van der Waals surface area contributed by atoms with Crippen molar-refractivity contribution in [3.05, 3.63) is 46.4 Å². The van der Waals surface area contributed by atoms with Crippen LogP contribution in [-0.4, -0.2) is 29.2 Å². The van der Waals surface area contributed by atoms with E-state index in [1.165, 1.54) is 0 Å². The number of ether oxygens (including phenoxy) is 1. The normalized spacial score (nSPS) is 15.2. The van der Waals surface area contributed by atoms with E-state index in [1.54, 1.807) is 12.1 Å². The van der Waals surface area contributed by atoms with E-state index < -0.39 is 0 Å². The summed E-state index contributed by atoms with van der Waals surface area (Å²) in [5.41, 5.74) is 1.54. The first kappa shape index (κ1) is 16.5. The van der Waals surface area contributed by atoms with Crippen molar-refractivity contribution in [1.29, 1.82) is 5.26 Å². The quantitative estimate of drug-likeness (QED) is 0.796. The molecule has 2 heterocycles. The molecule has 5 nitrogen and oxygen atoms in total. The lowest BCUT2D eigenvalue weighted by atomic mass is 10.1. The Balaban J connectivity index is 1.65. The van der Waals surface area contributed by atoms with Gasteiger partial charge in [0.1, 0.15) is 28.6 Å². The van der Waals surface area contributed by atoms with Gasteiger partial charge in [0.25, 0.3) is 0 Å². The zero-order valence-electron chi connectivity index (χ0n) is 13.8. The number of aryl methyl sites for hydroxylation is 1. The molecule has 0 bridgehead atoms. The third-order valence-electron chi connectivity index (χ3n) is 4.18. The van der Waals surface area contributed by atoms with E-state index in [4.69, 9.17) is 21.6 Å². The molecule has 1 aliphatic rings. The van der Waals surface area contributed by atoms with Gasteiger partial charge in [-0.2, -0.15) is 5.26 Å². The predicted molar refractivity (Wildman–Crippen MR) is 93.5 cm³/mol. The van der Waals surface area contributed by atoms with Crippen molar-refractivity contribution >= 4 is 17.4 Å². The molecule has 1 aromatic carbocycles. The van der Waals surface area contributed by atoms with Crippen molar-refractivity contribution < 1.29 is 4.74 Å². The number of aromatic nitrogens is 2. The maximum absolute atomic E-state index is 8.96. The van der Waals surface area contributed by atoms with Gasteiger partial charge in [0, 0.05) is 31.5 Å². The van der Waals surface area contributed by atoms with Crippen LogP contribution in [0.25, 0.3) is 0 Å². The lowest BCUT2D eigenvalue weighted by Gasteiger charge is -2.33. The molecule has 2 aromatic rings. The van der Waals surface area contributed by atoms with Gasteiger partial charge < -0.3 is 9.64 Å². The van der Waals surface area contributed by atoms with Gasteiger partial charge in [-0.1, -0.05) is 17.7 Å². The van der Waals surface area contributed by atoms with Gasteiger partial charge in [-0.25, -0.2) is 9.97 Å². The van der Waals surface area contributed by atoms with Gasteiger partial charge in [-0.3, -0.25) is 0 Å². The molecule has 124 valence electrons. The van der Waals surface area contributed by atoms with Crippen molar-refractivity contribution in [2.45, 2.75) is 32.8 Å². The molecule has 0 atom stereocenters. The molecule has 1 saturated heterocycles. The monoisotopic (exact) mass is 342 g/mol. The highest BCUT2D eigenvalue weighted by molar-refractivity contribution is 6.30. The molecule has 1 aliphatic heterocycles. The lowest BCUT2D eigenvalue weighted by molar-refractivity contribution is 0.170. The van der Waals surface area contributed by atoms with Crippen molar-refractivity contribution in [1.82, 2.24) is 9.97 Å². The summed E-state index contributed by atoms with van der Waals surface area (Å²) in [6.45, 7) is 5.52. The van der Waals surface area contributed by atoms with E-state index in [1.807, 2.05) is 26.0 Å². The summed E-state index contributed by atoms with van der Waals surface area (Å²) in [7, 11) is 0. The Bertz CT molecular complexity index is 779. The summed E-state index contributed by atoms with van der Waals surface area (Å²) < 4.78 is 6.02. The van der Waals surface area contributed by atoms with E-state index in [0.717, 1.165) is 43.1 Å². The average molecular weight is 343 g/mol. The molecule has 0 spiro atoms. The molecular formula is C18H19ClN4O. The highest BCUT2D eigenvalue weighted by atomic mass is 35.5. The number of hydrogen-bond acceptors (Lipinski definition) is 5. The fourth-order valence-electron chi connectivity index (χ4n) is 2.91. The van der Waals surface area contributed by atoms with Crippen molar-refractivity contribution in [2.75, 3.05) is 18.0 Å². The van der Waals surface area contributed by atoms with Gasteiger partial charge >= 0.3 is 0 Å². The van der Waals surface area contributed by atoms with Crippen LogP contribution >= 0.6 is 11.6 Å². The Morgan fingerprint density at radius 3 is 2.71 bits per heavy atom. The zero-order valence-corrected chi connectivity index (χ0v) is 14.5. The molecular weight excluding hydrogens is 324 g/mol. The first-order valence-electron chi connectivity index (χ1n) is 7.99. The Morgan fingerprint density at radius 1 is 1.25 bits per heavy atom. The minimum atomic E-state index is 0.147. The molecule has 0 saturated carbocycles. The summed E-state index contributed by atoms with van der Waals surface area (Å²) >= 11 is 6.17. The summed E-state index contributed by atoms with van der Waals surface area (Å²) in [5, 5.41) is 9.48. The number of halogens is 1. The van der Waals surface area contributed by atoms with Crippen LogP contribution in [-0.2, 0) is 0 Å². The fraction of sp³-hybridized carbons (Fsp3) is 0.389. The number of benzene rings is 1. The van der Waals surface area contributed by atoms with Crippen molar-refractivity contribution in [2.24, 2.45) is 0 Å². The number of rotatable bonds is 3. The predicted octanol–water partition coefficient (Wildman–Crippen LogP) is 3.67. The number of nitrogens with zero attached hydrogens (tertiary/aromatic N) is 4. The van der Waals surface area contributed by atoms with Gasteiger partial charge in [0.05, 0.1) is 11.6 Å². The Hall–Kier alpha value is -2.32. The van der Waals surface area contributed by atoms with Gasteiger partial charge in [-0.05, 0) is 32.0 Å². The molecule has 0 radical (unpaired) electrons. The third kappa shape index (κ3) is 3.60. The summed E-state index contributed by atoms with van der Waals surface area (Å²) in [5.74, 6) is 2.36. The molecule has 6 heteroatoms. The lowest BCUT2D eigenvalue weighted by Crippen LogP contribution is -2.39. The third-order valence-corrected chi connectivity index (χ3v) is 4.55. The Labute approximate surface area is 146 Å². The SMILES string of the molecule is Cc1nc(Cl)c(C)c(N2CCC(Oc3cccc(C#N)c3)CC2)n1. The van der Waals surface area contributed by atoms with Crippen LogP contribution in [0.15, 0.2) is 24.3 Å². The minimum absolute atomic E-state index is 0.147. The molecule has 0 N–H and O–H groups in total. The van der Waals surface area contributed by atoms with Crippen molar-refractivity contribution in [3.8, 4) is 11.8 Å². The van der Waals surface area contributed by atoms with Crippen LogP contribution in [0.2, 0.25) is 5.15 Å². The molecule has 0 unspecified atom stereocenters. The number of anilines is 1. The Kier molecular flexibility index (Phi) is 4.86. The smallest absolute Gasteiger partial charge is 0.137 e. The molecule has 0 aliphatic carbocycles. The molecule has 3 rings (SSSR count). The fourth-order valence-corrected chi connectivity index (χ4v) is 3.11. The van der Waals surface area contributed by atoms with E-state index in [2.05, 4.69) is 20.9 Å². The second-order valence-corrected chi connectivity index (χ2v) is 6.31.